The van der Waals surface area contributed by atoms with E-state index >= 15 is 0 Å². The number of hydrogen-bond donors (Lipinski definition) is 2. The summed E-state index contributed by atoms with van der Waals surface area (Å²) >= 11 is 11.1. The second kappa shape index (κ2) is 9.38. The van der Waals surface area contributed by atoms with Crippen molar-refractivity contribution in [1.82, 2.24) is 5.32 Å². The number of halogens is 1. The van der Waals surface area contributed by atoms with Crippen molar-refractivity contribution < 1.29 is 14.3 Å². The maximum atomic E-state index is 12.6. The Kier molecular flexibility index (Phi) is 6.39. The Balaban J connectivity index is 1.29. The summed E-state index contributed by atoms with van der Waals surface area (Å²) in [5.74, 6) is 0.187. The molecule has 3 aromatic rings. The number of rotatable bonds is 5. The van der Waals surface area contributed by atoms with E-state index in [4.69, 9.17) is 28.6 Å². The topological polar surface area (TPSA) is 70.7 Å². The zero-order valence-electron chi connectivity index (χ0n) is 17.2. The fourth-order valence-electron chi connectivity index (χ4n) is 3.43. The third kappa shape index (κ3) is 4.90. The van der Waals surface area contributed by atoms with Crippen molar-refractivity contribution in [2.75, 3.05) is 16.8 Å². The van der Waals surface area contributed by atoms with E-state index in [2.05, 4.69) is 10.6 Å². The van der Waals surface area contributed by atoms with Crippen LogP contribution in [0.25, 0.3) is 0 Å². The van der Waals surface area contributed by atoms with Crippen LogP contribution in [0.5, 0.6) is 5.75 Å². The number of nitrogens with zero attached hydrogens (tertiary/aromatic N) is 1. The van der Waals surface area contributed by atoms with Gasteiger partial charge in [0, 0.05) is 22.0 Å². The summed E-state index contributed by atoms with van der Waals surface area (Å²) in [5, 5.41) is 6.31. The average molecular weight is 466 g/mol. The van der Waals surface area contributed by atoms with E-state index in [1.165, 1.54) is 0 Å². The van der Waals surface area contributed by atoms with Crippen molar-refractivity contribution in [2.45, 2.75) is 13.5 Å². The second-order valence-corrected chi connectivity index (χ2v) is 8.14. The highest BCUT2D eigenvalue weighted by Crippen LogP contribution is 2.29. The number of thiocarbonyl (C=S) groups is 1. The SMILES string of the molecule is Cc1cc(Cl)ccc1OCC(=O)NC(=S)Nc1ccc(N2Cc3ccccc3C2=O)cc1. The minimum Gasteiger partial charge on any atom is -0.483 e. The normalized spacial score (nSPS) is 12.3. The van der Waals surface area contributed by atoms with Gasteiger partial charge in [0.25, 0.3) is 11.8 Å². The number of anilines is 2. The molecule has 32 heavy (non-hydrogen) atoms. The lowest BCUT2D eigenvalue weighted by molar-refractivity contribution is -0.121. The molecule has 0 bridgehead atoms. The molecular weight excluding hydrogens is 446 g/mol. The Bertz CT molecular complexity index is 1200. The Labute approximate surface area is 196 Å². The summed E-state index contributed by atoms with van der Waals surface area (Å²) < 4.78 is 5.52. The molecule has 2 amide bonds. The predicted molar refractivity (Wildman–Crippen MR) is 129 cm³/mol. The Morgan fingerprint density at radius 3 is 2.59 bits per heavy atom. The molecule has 162 valence electrons. The molecule has 0 aromatic heterocycles. The van der Waals surface area contributed by atoms with Crippen LogP contribution in [-0.4, -0.2) is 23.5 Å². The summed E-state index contributed by atoms with van der Waals surface area (Å²) in [5.41, 5.74) is 4.07. The largest absolute Gasteiger partial charge is 0.483 e. The van der Waals surface area contributed by atoms with Crippen LogP contribution in [0.2, 0.25) is 5.02 Å². The quantitative estimate of drug-likeness (QED) is 0.534. The molecule has 3 aromatic carbocycles. The van der Waals surface area contributed by atoms with Crippen molar-refractivity contribution >= 4 is 52.1 Å². The van der Waals surface area contributed by atoms with Crippen molar-refractivity contribution in [3.63, 3.8) is 0 Å². The predicted octanol–water partition coefficient (Wildman–Crippen LogP) is 4.70. The number of aryl methyl sites for hydroxylation is 1. The van der Waals surface area contributed by atoms with E-state index in [1.54, 1.807) is 35.2 Å². The lowest BCUT2D eigenvalue weighted by Gasteiger charge is -2.17. The lowest BCUT2D eigenvalue weighted by atomic mass is 10.1. The molecule has 0 atom stereocenters. The highest BCUT2D eigenvalue weighted by Gasteiger charge is 2.27. The minimum absolute atomic E-state index is 0.0139. The molecule has 8 heteroatoms. The molecule has 0 spiro atoms. The average Bonchev–Trinajstić information content (AvgIpc) is 3.10. The number of hydrogen-bond acceptors (Lipinski definition) is 4. The van der Waals surface area contributed by atoms with E-state index in [9.17, 15) is 9.59 Å². The standard InChI is InChI=1S/C24H20ClN3O3S/c1-15-12-17(25)6-11-21(15)31-14-22(29)27-24(32)26-18-7-9-19(10-8-18)28-13-16-4-2-3-5-20(16)23(28)30/h2-12H,13-14H2,1H3,(H2,26,27,29,32). The molecule has 0 aliphatic carbocycles. The maximum absolute atomic E-state index is 12.6. The minimum atomic E-state index is -0.381. The van der Waals surface area contributed by atoms with Gasteiger partial charge in [0.2, 0.25) is 0 Å². The third-order valence-electron chi connectivity index (χ3n) is 5.01. The van der Waals surface area contributed by atoms with Crippen LogP contribution in [0.1, 0.15) is 21.5 Å². The molecule has 1 aliphatic heterocycles. The molecule has 1 heterocycles. The van der Waals surface area contributed by atoms with Gasteiger partial charge in [0.15, 0.2) is 11.7 Å². The molecule has 2 N–H and O–H groups in total. The fourth-order valence-corrected chi connectivity index (χ4v) is 3.89. The number of amides is 2. The van der Waals surface area contributed by atoms with Gasteiger partial charge in [-0.2, -0.15) is 0 Å². The van der Waals surface area contributed by atoms with Crippen molar-refractivity contribution in [3.05, 3.63) is 88.4 Å². The summed E-state index contributed by atoms with van der Waals surface area (Å²) in [6.07, 6.45) is 0. The van der Waals surface area contributed by atoms with Gasteiger partial charge in [-0.25, -0.2) is 0 Å². The molecule has 6 nitrogen and oxygen atoms in total. The first-order valence-electron chi connectivity index (χ1n) is 9.90. The van der Waals surface area contributed by atoms with Gasteiger partial charge < -0.3 is 15.0 Å². The van der Waals surface area contributed by atoms with Crippen LogP contribution >= 0.6 is 23.8 Å². The number of benzene rings is 3. The number of carbonyl (C=O) groups excluding carboxylic acids is 2. The molecule has 4 rings (SSSR count). The molecule has 0 saturated heterocycles. The van der Waals surface area contributed by atoms with Gasteiger partial charge in [-0.1, -0.05) is 29.8 Å². The monoisotopic (exact) mass is 465 g/mol. The number of ether oxygens (including phenoxy) is 1. The molecular formula is C24H20ClN3O3S. The first-order valence-corrected chi connectivity index (χ1v) is 10.7. The fraction of sp³-hybridized carbons (Fsp3) is 0.125. The van der Waals surface area contributed by atoms with Gasteiger partial charge in [-0.05, 0) is 78.8 Å². The van der Waals surface area contributed by atoms with Gasteiger partial charge in [-0.3, -0.25) is 14.9 Å². The highest BCUT2D eigenvalue weighted by molar-refractivity contribution is 7.80. The van der Waals surface area contributed by atoms with Crippen LogP contribution in [0.3, 0.4) is 0 Å². The van der Waals surface area contributed by atoms with E-state index in [0.29, 0.717) is 23.0 Å². The second-order valence-electron chi connectivity index (χ2n) is 7.30. The van der Waals surface area contributed by atoms with Gasteiger partial charge in [-0.15, -0.1) is 0 Å². The van der Waals surface area contributed by atoms with Crippen LogP contribution in [0.4, 0.5) is 11.4 Å². The van der Waals surface area contributed by atoms with E-state index < -0.39 is 0 Å². The highest BCUT2D eigenvalue weighted by atomic mass is 35.5. The Morgan fingerprint density at radius 2 is 1.88 bits per heavy atom. The number of nitrogens with one attached hydrogen (secondary N) is 2. The molecule has 0 saturated carbocycles. The van der Waals surface area contributed by atoms with E-state index in [-0.39, 0.29) is 23.5 Å². The molecule has 0 fully saturated rings. The smallest absolute Gasteiger partial charge is 0.264 e. The third-order valence-corrected chi connectivity index (χ3v) is 5.45. The summed E-state index contributed by atoms with van der Waals surface area (Å²) in [7, 11) is 0. The summed E-state index contributed by atoms with van der Waals surface area (Å²) in [6, 6.07) is 20.1. The first-order chi connectivity index (χ1) is 15.4. The zero-order valence-corrected chi connectivity index (χ0v) is 18.8. The van der Waals surface area contributed by atoms with Crippen LogP contribution in [-0.2, 0) is 11.3 Å². The van der Waals surface area contributed by atoms with Crippen LogP contribution < -0.4 is 20.3 Å². The summed E-state index contributed by atoms with van der Waals surface area (Å²) in [6.45, 7) is 2.22. The first kappa shape index (κ1) is 21.8. The van der Waals surface area contributed by atoms with Crippen LogP contribution in [0, 0.1) is 6.92 Å². The van der Waals surface area contributed by atoms with E-state index in [1.807, 2.05) is 43.3 Å². The lowest BCUT2D eigenvalue weighted by Crippen LogP contribution is -2.37. The zero-order chi connectivity index (χ0) is 22.7. The number of carbonyl (C=O) groups is 2. The number of fused-ring (bicyclic) bond motifs is 1. The Morgan fingerprint density at radius 1 is 1.12 bits per heavy atom. The van der Waals surface area contributed by atoms with Gasteiger partial charge >= 0.3 is 0 Å². The molecule has 1 aliphatic rings. The van der Waals surface area contributed by atoms with Crippen molar-refractivity contribution in [3.8, 4) is 5.75 Å². The van der Waals surface area contributed by atoms with Crippen molar-refractivity contribution in [2.24, 2.45) is 0 Å². The Hall–Kier alpha value is -3.42. The molecule has 0 radical (unpaired) electrons. The summed E-state index contributed by atoms with van der Waals surface area (Å²) in [4.78, 5) is 26.5. The van der Waals surface area contributed by atoms with Crippen LogP contribution in [0.15, 0.2) is 66.7 Å². The van der Waals surface area contributed by atoms with Gasteiger partial charge in [0.1, 0.15) is 5.75 Å². The van der Waals surface area contributed by atoms with Gasteiger partial charge in [0.05, 0.1) is 6.54 Å². The maximum Gasteiger partial charge on any atom is 0.264 e. The molecule has 0 unspecified atom stereocenters. The van der Waals surface area contributed by atoms with E-state index in [0.717, 1.165) is 22.4 Å². The van der Waals surface area contributed by atoms with Crippen molar-refractivity contribution in [1.29, 1.82) is 0 Å².